The van der Waals surface area contributed by atoms with Gasteiger partial charge in [0.05, 0.1) is 11.9 Å². The summed E-state index contributed by atoms with van der Waals surface area (Å²) in [6.07, 6.45) is 5.51. The number of nitrogens with one attached hydrogen (secondary N) is 1. The van der Waals surface area contributed by atoms with Gasteiger partial charge in [-0.1, -0.05) is 31.4 Å². The molecule has 1 aromatic rings. The second-order valence-corrected chi connectivity index (χ2v) is 3.82. The molecule has 1 aromatic heterocycles. The molecule has 0 bridgehead atoms. The van der Waals surface area contributed by atoms with Gasteiger partial charge in [-0.2, -0.15) is 0 Å². The van der Waals surface area contributed by atoms with E-state index in [1.165, 1.54) is 19.3 Å². The molecule has 78 valence electrons. The molecule has 0 aromatic carbocycles. The number of unbranched alkanes of at least 4 members (excludes halogenated alkanes) is 2. The third-order valence-corrected chi connectivity index (χ3v) is 2.52. The molecule has 3 heteroatoms. The van der Waals surface area contributed by atoms with Gasteiger partial charge in [0.1, 0.15) is 5.15 Å². The van der Waals surface area contributed by atoms with Gasteiger partial charge in [0.2, 0.25) is 0 Å². The fraction of sp³-hybridized carbons (Fsp3) is 0.545. The van der Waals surface area contributed by atoms with E-state index in [1.807, 2.05) is 13.0 Å². The van der Waals surface area contributed by atoms with E-state index < -0.39 is 0 Å². The van der Waals surface area contributed by atoms with Crippen LogP contribution in [0.2, 0.25) is 5.15 Å². The lowest BCUT2D eigenvalue weighted by Crippen LogP contribution is -2.01. The van der Waals surface area contributed by atoms with Crippen LogP contribution < -0.4 is 5.32 Å². The number of aryl methyl sites for hydroxylation is 1. The van der Waals surface area contributed by atoms with Gasteiger partial charge >= 0.3 is 0 Å². The smallest absolute Gasteiger partial charge is 0.132 e. The number of nitrogens with zero attached hydrogens (tertiary/aromatic N) is 1. The standard InChI is InChI=1S/C11H17ClN2/c1-3-4-5-6-13-10-7-9(2)11(12)14-8-10/h7-8,13H,3-6H2,1-2H3. The maximum absolute atomic E-state index is 5.83. The Labute approximate surface area is 90.7 Å². The van der Waals surface area contributed by atoms with Crippen LogP contribution in [0.3, 0.4) is 0 Å². The zero-order valence-corrected chi connectivity index (χ0v) is 9.56. The number of halogens is 1. The molecule has 2 nitrogen and oxygen atoms in total. The molecule has 0 spiro atoms. The summed E-state index contributed by atoms with van der Waals surface area (Å²) in [6.45, 7) is 5.18. The topological polar surface area (TPSA) is 24.9 Å². The first-order valence-electron chi connectivity index (χ1n) is 5.10. The minimum atomic E-state index is 0.587. The van der Waals surface area contributed by atoms with Crippen molar-refractivity contribution in [1.82, 2.24) is 4.98 Å². The third-order valence-electron chi connectivity index (χ3n) is 2.12. The first-order chi connectivity index (χ1) is 6.74. The monoisotopic (exact) mass is 212 g/mol. The molecule has 1 rings (SSSR count). The largest absolute Gasteiger partial charge is 0.384 e. The highest BCUT2D eigenvalue weighted by atomic mass is 35.5. The van der Waals surface area contributed by atoms with Crippen LogP contribution >= 0.6 is 11.6 Å². The van der Waals surface area contributed by atoms with Crippen LogP contribution in [0.4, 0.5) is 5.69 Å². The van der Waals surface area contributed by atoms with Crippen LogP contribution in [0.15, 0.2) is 12.3 Å². The lowest BCUT2D eigenvalue weighted by molar-refractivity contribution is 0.743. The van der Waals surface area contributed by atoms with E-state index in [-0.39, 0.29) is 0 Å². The number of pyridine rings is 1. The van der Waals surface area contributed by atoms with E-state index in [9.17, 15) is 0 Å². The van der Waals surface area contributed by atoms with Crippen molar-refractivity contribution >= 4 is 17.3 Å². The fourth-order valence-corrected chi connectivity index (χ4v) is 1.37. The molecular weight excluding hydrogens is 196 g/mol. The van der Waals surface area contributed by atoms with Gasteiger partial charge in [-0.25, -0.2) is 4.98 Å². The first-order valence-corrected chi connectivity index (χ1v) is 5.48. The third kappa shape index (κ3) is 3.54. The van der Waals surface area contributed by atoms with Gasteiger partial charge in [-0.15, -0.1) is 0 Å². The van der Waals surface area contributed by atoms with E-state index >= 15 is 0 Å². The summed E-state index contributed by atoms with van der Waals surface area (Å²) >= 11 is 5.83. The van der Waals surface area contributed by atoms with Crippen molar-refractivity contribution in [2.75, 3.05) is 11.9 Å². The molecule has 14 heavy (non-hydrogen) atoms. The predicted octanol–water partition coefficient (Wildman–Crippen LogP) is 3.65. The molecule has 0 saturated heterocycles. The molecule has 0 aliphatic carbocycles. The average Bonchev–Trinajstić information content (AvgIpc) is 2.18. The average molecular weight is 213 g/mol. The van der Waals surface area contributed by atoms with E-state index in [0.717, 1.165) is 17.8 Å². The summed E-state index contributed by atoms with van der Waals surface area (Å²) in [4.78, 5) is 4.08. The number of hydrogen-bond donors (Lipinski definition) is 1. The molecule has 0 radical (unpaired) electrons. The van der Waals surface area contributed by atoms with Crippen LogP contribution in [-0.4, -0.2) is 11.5 Å². The van der Waals surface area contributed by atoms with E-state index in [1.54, 1.807) is 6.20 Å². The van der Waals surface area contributed by atoms with Gasteiger partial charge in [0.25, 0.3) is 0 Å². The second kappa shape index (κ2) is 5.86. The van der Waals surface area contributed by atoms with E-state index in [0.29, 0.717) is 5.15 Å². The molecule has 0 aliphatic heterocycles. The van der Waals surface area contributed by atoms with Crippen molar-refractivity contribution in [2.45, 2.75) is 33.1 Å². The summed E-state index contributed by atoms with van der Waals surface area (Å²) in [5.74, 6) is 0. The lowest BCUT2D eigenvalue weighted by atomic mass is 10.2. The maximum Gasteiger partial charge on any atom is 0.132 e. The van der Waals surface area contributed by atoms with Crippen molar-refractivity contribution in [3.63, 3.8) is 0 Å². The van der Waals surface area contributed by atoms with Gasteiger partial charge in [-0.05, 0) is 25.0 Å². The number of aromatic nitrogens is 1. The van der Waals surface area contributed by atoms with Crippen LogP contribution in [-0.2, 0) is 0 Å². The summed E-state index contributed by atoms with van der Waals surface area (Å²) in [7, 11) is 0. The molecule has 1 heterocycles. The van der Waals surface area contributed by atoms with Crippen molar-refractivity contribution in [1.29, 1.82) is 0 Å². The van der Waals surface area contributed by atoms with Gasteiger partial charge in [-0.3, -0.25) is 0 Å². The van der Waals surface area contributed by atoms with Crippen molar-refractivity contribution in [3.8, 4) is 0 Å². The van der Waals surface area contributed by atoms with Crippen LogP contribution in [0.25, 0.3) is 0 Å². The Balaban J connectivity index is 2.39. The zero-order chi connectivity index (χ0) is 10.4. The number of anilines is 1. The predicted molar refractivity (Wildman–Crippen MR) is 62.0 cm³/mol. The minimum absolute atomic E-state index is 0.587. The van der Waals surface area contributed by atoms with Crippen molar-refractivity contribution in [3.05, 3.63) is 23.0 Å². The summed E-state index contributed by atoms with van der Waals surface area (Å²) < 4.78 is 0. The zero-order valence-electron chi connectivity index (χ0n) is 8.81. The molecule has 0 fully saturated rings. The highest BCUT2D eigenvalue weighted by Gasteiger charge is 1.97. The molecule has 1 N–H and O–H groups in total. The molecule has 0 unspecified atom stereocenters. The van der Waals surface area contributed by atoms with Crippen LogP contribution in [0.1, 0.15) is 31.7 Å². The molecule has 0 saturated carbocycles. The first kappa shape index (κ1) is 11.3. The fourth-order valence-electron chi connectivity index (χ4n) is 1.26. The molecule has 0 aliphatic rings. The Kier molecular flexibility index (Phi) is 4.74. The lowest BCUT2D eigenvalue weighted by Gasteiger charge is -2.06. The number of rotatable bonds is 5. The molecular formula is C11H17ClN2. The normalized spacial score (nSPS) is 10.2. The van der Waals surface area contributed by atoms with Gasteiger partial charge < -0.3 is 5.32 Å². The van der Waals surface area contributed by atoms with Crippen molar-refractivity contribution < 1.29 is 0 Å². The SMILES string of the molecule is CCCCCNc1cnc(Cl)c(C)c1. The second-order valence-electron chi connectivity index (χ2n) is 3.47. The Morgan fingerprint density at radius 1 is 1.43 bits per heavy atom. The molecule has 0 amide bonds. The summed E-state index contributed by atoms with van der Waals surface area (Å²) in [5, 5.41) is 3.91. The minimum Gasteiger partial charge on any atom is -0.384 e. The highest BCUT2D eigenvalue weighted by molar-refractivity contribution is 6.30. The molecule has 0 atom stereocenters. The van der Waals surface area contributed by atoms with Crippen LogP contribution in [0.5, 0.6) is 0 Å². The quantitative estimate of drug-likeness (QED) is 0.596. The Hall–Kier alpha value is -0.760. The van der Waals surface area contributed by atoms with Gasteiger partial charge in [0.15, 0.2) is 0 Å². The van der Waals surface area contributed by atoms with Crippen LogP contribution in [0, 0.1) is 6.92 Å². The summed E-state index contributed by atoms with van der Waals surface area (Å²) in [6, 6.07) is 2.03. The Morgan fingerprint density at radius 3 is 2.86 bits per heavy atom. The highest BCUT2D eigenvalue weighted by Crippen LogP contribution is 2.15. The van der Waals surface area contributed by atoms with Gasteiger partial charge in [0, 0.05) is 6.54 Å². The maximum atomic E-state index is 5.83. The van der Waals surface area contributed by atoms with E-state index in [4.69, 9.17) is 11.6 Å². The Bertz CT molecular complexity index is 287. The number of hydrogen-bond acceptors (Lipinski definition) is 2. The summed E-state index contributed by atoms with van der Waals surface area (Å²) in [5.41, 5.74) is 2.08. The Morgan fingerprint density at radius 2 is 2.21 bits per heavy atom. The van der Waals surface area contributed by atoms with Crippen molar-refractivity contribution in [2.24, 2.45) is 0 Å². The van der Waals surface area contributed by atoms with E-state index in [2.05, 4.69) is 17.2 Å².